The maximum absolute atomic E-state index is 13.0. The number of amides is 2. The highest BCUT2D eigenvalue weighted by molar-refractivity contribution is 14.1. The monoisotopic (exact) mass is 651 g/mol. The number of hydrogen-bond acceptors (Lipinski definition) is 6. The van der Waals surface area contributed by atoms with Crippen molar-refractivity contribution in [2.45, 2.75) is 13.5 Å². The number of carbonyl (C=O) groups is 2. The van der Waals surface area contributed by atoms with E-state index in [0.717, 1.165) is 37.2 Å². The SMILES string of the molecule is CCOc1cc(/C=C2\SC(=O)N(CCOc3ccccc3)C2=O)cc(I)c1OCc1cccc2ccccc12. The Bertz CT molecular complexity index is 1530. The number of fused-ring (bicyclic) bond motifs is 1. The second-order valence-electron chi connectivity index (χ2n) is 8.68. The van der Waals surface area contributed by atoms with Crippen LogP contribution in [0.3, 0.4) is 0 Å². The van der Waals surface area contributed by atoms with E-state index >= 15 is 0 Å². The Labute approximate surface area is 245 Å². The van der Waals surface area contributed by atoms with E-state index in [0.29, 0.717) is 35.4 Å². The van der Waals surface area contributed by atoms with Gasteiger partial charge in [-0.05, 0) is 93.5 Å². The molecular formula is C31H26INO5S. The minimum Gasteiger partial charge on any atom is -0.492 e. The number of rotatable bonds is 10. The molecule has 0 radical (unpaired) electrons. The number of thioether (sulfide) groups is 1. The summed E-state index contributed by atoms with van der Waals surface area (Å²) in [5.74, 6) is 1.60. The van der Waals surface area contributed by atoms with Crippen LogP contribution in [0.5, 0.6) is 17.2 Å². The van der Waals surface area contributed by atoms with Crippen molar-refractivity contribution in [3.8, 4) is 17.2 Å². The molecule has 0 N–H and O–H groups in total. The molecule has 0 spiro atoms. The lowest BCUT2D eigenvalue weighted by Gasteiger charge is -2.16. The third-order valence-corrected chi connectivity index (χ3v) is 7.79. The summed E-state index contributed by atoms with van der Waals surface area (Å²) in [4.78, 5) is 27.1. The maximum Gasteiger partial charge on any atom is 0.293 e. The molecule has 0 unspecified atom stereocenters. The van der Waals surface area contributed by atoms with E-state index in [-0.39, 0.29) is 24.3 Å². The van der Waals surface area contributed by atoms with Gasteiger partial charge in [0.05, 0.1) is 21.6 Å². The first-order chi connectivity index (χ1) is 19.0. The van der Waals surface area contributed by atoms with Crippen molar-refractivity contribution in [1.82, 2.24) is 4.90 Å². The molecule has 0 atom stereocenters. The molecule has 4 aromatic rings. The molecule has 1 saturated heterocycles. The van der Waals surface area contributed by atoms with Crippen LogP contribution in [-0.4, -0.2) is 35.8 Å². The van der Waals surface area contributed by atoms with Crippen LogP contribution in [0.15, 0.2) is 89.8 Å². The lowest BCUT2D eigenvalue weighted by Crippen LogP contribution is -2.32. The van der Waals surface area contributed by atoms with Crippen LogP contribution in [0, 0.1) is 3.57 Å². The van der Waals surface area contributed by atoms with Gasteiger partial charge >= 0.3 is 0 Å². The minimum absolute atomic E-state index is 0.180. The zero-order chi connectivity index (χ0) is 27.2. The number of carbonyl (C=O) groups excluding carboxylic acids is 2. The van der Waals surface area contributed by atoms with Crippen LogP contribution in [0.1, 0.15) is 18.1 Å². The van der Waals surface area contributed by atoms with Crippen molar-refractivity contribution < 1.29 is 23.8 Å². The molecule has 198 valence electrons. The van der Waals surface area contributed by atoms with Crippen LogP contribution in [-0.2, 0) is 11.4 Å². The van der Waals surface area contributed by atoms with Gasteiger partial charge in [-0.3, -0.25) is 14.5 Å². The standard InChI is InChI=1S/C31H26INO5S/c1-2-36-27-18-21(17-26(32)29(27)38-20-23-11-8-10-22-9-6-7-14-25(22)23)19-28-30(34)33(31(35)39-28)15-16-37-24-12-4-3-5-13-24/h3-14,17-19H,2,15-16,20H2,1H3/b28-19-. The van der Waals surface area contributed by atoms with Crippen LogP contribution in [0.2, 0.25) is 0 Å². The molecule has 2 amide bonds. The number of para-hydroxylation sites is 1. The number of imide groups is 1. The summed E-state index contributed by atoms with van der Waals surface area (Å²) in [6, 6.07) is 27.5. The maximum atomic E-state index is 13.0. The highest BCUT2D eigenvalue weighted by Gasteiger charge is 2.35. The predicted octanol–water partition coefficient (Wildman–Crippen LogP) is 7.54. The summed E-state index contributed by atoms with van der Waals surface area (Å²) in [5, 5.41) is 2.00. The van der Waals surface area contributed by atoms with E-state index in [1.165, 1.54) is 4.90 Å². The van der Waals surface area contributed by atoms with Gasteiger partial charge in [-0.1, -0.05) is 60.7 Å². The lowest BCUT2D eigenvalue weighted by atomic mass is 10.1. The molecule has 0 saturated carbocycles. The van der Waals surface area contributed by atoms with Gasteiger partial charge in [0.1, 0.15) is 19.0 Å². The van der Waals surface area contributed by atoms with E-state index in [2.05, 4.69) is 46.9 Å². The van der Waals surface area contributed by atoms with E-state index in [9.17, 15) is 9.59 Å². The fraction of sp³-hybridized carbons (Fsp3) is 0.161. The fourth-order valence-corrected chi connectivity index (χ4v) is 5.90. The van der Waals surface area contributed by atoms with E-state index in [4.69, 9.17) is 14.2 Å². The summed E-state index contributed by atoms with van der Waals surface area (Å²) in [7, 11) is 0. The summed E-state index contributed by atoms with van der Waals surface area (Å²) in [6.45, 7) is 3.17. The first kappa shape index (κ1) is 27.1. The number of ether oxygens (including phenoxy) is 3. The fourth-order valence-electron chi connectivity index (χ4n) is 4.26. The molecule has 0 aliphatic carbocycles. The number of benzene rings is 4. The Hall–Kier alpha value is -3.50. The van der Waals surface area contributed by atoms with Gasteiger partial charge in [-0.25, -0.2) is 0 Å². The van der Waals surface area contributed by atoms with Gasteiger partial charge in [0, 0.05) is 0 Å². The minimum atomic E-state index is -0.328. The van der Waals surface area contributed by atoms with E-state index in [1.807, 2.05) is 67.6 Å². The third-order valence-electron chi connectivity index (χ3n) is 6.08. The van der Waals surface area contributed by atoms with Crippen molar-refractivity contribution >= 4 is 62.3 Å². The normalized spacial score (nSPS) is 14.3. The van der Waals surface area contributed by atoms with E-state index in [1.54, 1.807) is 6.08 Å². The highest BCUT2D eigenvalue weighted by Crippen LogP contribution is 2.38. The first-order valence-electron chi connectivity index (χ1n) is 12.5. The average Bonchev–Trinajstić information content (AvgIpc) is 3.20. The van der Waals surface area contributed by atoms with Crippen LogP contribution < -0.4 is 14.2 Å². The molecular weight excluding hydrogens is 625 g/mol. The Morgan fingerprint density at radius 2 is 1.67 bits per heavy atom. The Balaban J connectivity index is 1.31. The molecule has 5 rings (SSSR count). The molecule has 1 heterocycles. The first-order valence-corrected chi connectivity index (χ1v) is 14.4. The Morgan fingerprint density at radius 3 is 2.49 bits per heavy atom. The Kier molecular flexibility index (Phi) is 8.73. The van der Waals surface area contributed by atoms with Crippen molar-refractivity contribution in [1.29, 1.82) is 0 Å². The molecule has 4 aromatic carbocycles. The molecule has 8 heteroatoms. The predicted molar refractivity (Wildman–Crippen MR) is 163 cm³/mol. The molecule has 0 aromatic heterocycles. The molecule has 0 bridgehead atoms. The third kappa shape index (κ3) is 6.39. The number of nitrogens with zero attached hydrogens (tertiary/aromatic N) is 1. The summed E-state index contributed by atoms with van der Waals surface area (Å²) in [6.07, 6.45) is 1.72. The lowest BCUT2D eigenvalue weighted by molar-refractivity contribution is -0.123. The summed E-state index contributed by atoms with van der Waals surface area (Å²) < 4.78 is 18.7. The quantitative estimate of drug-likeness (QED) is 0.131. The number of halogens is 1. The molecule has 1 aliphatic rings. The van der Waals surface area contributed by atoms with Crippen LogP contribution >= 0.6 is 34.4 Å². The molecule has 1 aliphatic heterocycles. The van der Waals surface area contributed by atoms with E-state index < -0.39 is 0 Å². The van der Waals surface area contributed by atoms with Gasteiger partial charge in [-0.2, -0.15) is 0 Å². The molecule has 1 fully saturated rings. The van der Waals surface area contributed by atoms with Gasteiger partial charge in [0.2, 0.25) is 0 Å². The summed E-state index contributed by atoms with van der Waals surface area (Å²) in [5.41, 5.74) is 1.84. The van der Waals surface area contributed by atoms with Crippen LogP contribution in [0.25, 0.3) is 16.8 Å². The molecule has 39 heavy (non-hydrogen) atoms. The topological polar surface area (TPSA) is 65.1 Å². The Morgan fingerprint density at radius 1 is 0.897 bits per heavy atom. The second-order valence-corrected chi connectivity index (χ2v) is 10.8. The second kappa shape index (κ2) is 12.6. The van der Waals surface area contributed by atoms with Gasteiger partial charge < -0.3 is 14.2 Å². The summed E-state index contributed by atoms with van der Waals surface area (Å²) >= 11 is 3.15. The molecule has 6 nitrogen and oxygen atoms in total. The smallest absolute Gasteiger partial charge is 0.293 e. The highest BCUT2D eigenvalue weighted by atomic mass is 127. The van der Waals surface area contributed by atoms with Crippen molar-refractivity contribution in [2.75, 3.05) is 19.8 Å². The largest absolute Gasteiger partial charge is 0.492 e. The zero-order valence-electron chi connectivity index (χ0n) is 21.3. The average molecular weight is 652 g/mol. The van der Waals surface area contributed by atoms with Crippen molar-refractivity contribution in [3.63, 3.8) is 0 Å². The van der Waals surface area contributed by atoms with Gasteiger partial charge in [0.15, 0.2) is 11.5 Å². The van der Waals surface area contributed by atoms with Crippen molar-refractivity contribution in [3.05, 3.63) is 105 Å². The number of hydrogen-bond donors (Lipinski definition) is 0. The van der Waals surface area contributed by atoms with Gasteiger partial charge in [0.25, 0.3) is 11.1 Å². The van der Waals surface area contributed by atoms with Crippen LogP contribution in [0.4, 0.5) is 4.79 Å². The van der Waals surface area contributed by atoms with Gasteiger partial charge in [-0.15, -0.1) is 0 Å². The zero-order valence-corrected chi connectivity index (χ0v) is 24.2. The van der Waals surface area contributed by atoms with Crippen molar-refractivity contribution in [2.24, 2.45) is 0 Å².